The van der Waals surface area contributed by atoms with Crippen molar-refractivity contribution in [3.05, 3.63) is 51.1 Å². The van der Waals surface area contributed by atoms with E-state index in [-0.39, 0.29) is 5.56 Å². The van der Waals surface area contributed by atoms with E-state index in [4.69, 9.17) is 5.84 Å². The molecule has 22 heavy (non-hydrogen) atoms. The molecule has 0 saturated heterocycles. The second kappa shape index (κ2) is 5.23. The summed E-state index contributed by atoms with van der Waals surface area (Å²) in [7, 11) is 0. The number of nitrogens with one attached hydrogen (secondary N) is 1. The number of para-hydroxylation sites is 1. The van der Waals surface area contributed by atoms with E-state index in [9.17, 15) is 4.79 Å². The van der Waals surface area contributed by atoms with Crippen LogP contribution in [0.2, 0.25) is 0 Å². The largest absolute Gasteiger partial charge is 0.293 e. The summed E-state index contributed by atoms with van der Waals surface area (Å²) in [5, 5.41) is 0.766. The summed E-state index contributed by atoms with van der Waals surface area (Å²) in [4.78, 5) is 18.9. The van der Waals surface area contributed by atoms with Gasteiger partial charge in [-0.05, 0) is 43.4 Å². The van der Waals surface area contributed by atoms with Crippen LogP contribution in [0.4, 0.5) is 5.95 Å². The topological polar surface area (TPSA) is 72.9 Å². The third kappa shape index (κ3) is 1.95. The summed E-state index contributed by atoms with van der Waals surface area (Å²) in [5.41, 5.74) is 4.52. The number of hydrazine groups is 1. The third-order valence-corrected chi connectivity index (χ3v) is 5.41. The van der Waals surface area contributed by atoms with Crippen LogP contribution >= 0.6 is 11.3 Å². The van der Waals surface area contributed by atoms with Crippen LogP contribution < -0.4 is 16.8 Å². The van der Waals surface area contributed by atoms with Crippen molar-refractivity contribution in [2.75, 3.05) is 5.43 Å². The fraction of sp³-hybridized carbons (Fsp3) is 0.250. The van der Waals surface area contributed by atoms with Crippen LogP contribution in [0.5, 0.6) is 0 Å². The number of aryl methyl sites for hydroxylation is 2. The minimum atomic E-state index is -0.186. The number of nitrogens with two attached hydrogens (primary N) is 1. The quantitative estimate of drug-likeness (QED) is 0.563. The number of hydrogen-bond acceptors (Lipinski definition) is 5. The van der Waals surface area contributed by atoms with Crippen molar-refractivity contribution in [3.63, 3.8) is 0 Å². The van der Waals surface area contributed by atoms with Gasteiger partial charge >= 0.3 is 0 Å². The molecule has 3 N–H and O–H groups in total. The number of nitrogen functional groups attached to an aromatic ring is 1. The molecular weight excluding hydrogens is 296 g/mol. The minimum absolute atomic E-state index is 0.186. The standard InChI is InChI=1S/C16H16N4OS/c17-19-16-18-14(21)13-11-8-4-5-9-12(11)22-15(13)20(16)10-6-2-1-3-7-10/h1-3,6-7H,4-5,8-9,17H2,(H,18,19,21). The molecular formula is C16H16N4OS. The molecule has 1 aliphatic rings. The van der Waals surface area contributed by atoms with E-state index >= 15 is 0 Å². The van der Waals surface area contributed by atoms with E-state index < -0.39 is 0 Å². The van der Waals surface area contributed by atoms with Gasteiger partial charge in [-0.15, -0.1) is 11.3 Å². The summed E-state index contributed by atoms with van der Waals surface area (Å²) < 4.78 is 1.94. The molecule has 2 heterocycles. The Balaban J connectivity index is 2.12. The Morgan fingerprint density at radius 1 is 1.18 bits per heavy atom. The zero-order valence-electron chi connectivity index (χ0n) is 12.0. The fourth-order valence-electron chi connectivity index (χ4n) is 3.14. The van der Waals surface area contributed by atoms with Gasteiger partial charge in [0, 0.05) is 10.6 Å². The molecule has 2 aromatic heterocycles. The average Bonchev–Trinajstić information content (AvgIpc) is 2.95. The molecule has 0 spiro atoms. The van der Waals surface area contributed by atoms with Crippen molar-refractivity contribution in [1.82, 2.24) is 9.55 Å². The zero-order chi connectivity index (χ0) is 15.1. The third-order valence-electron chi connectivity index (χ3n) is 4.13. The number of rotatable bonds is 2. The Hall–Kier alpha value is -2.18. The fourth-order valence-corrected chi connectivity index (χ4v) is 4.54. The van der Waals surface area contributed by atoms with E-state index in [1.54, 1.807) is 11.3 Å². The average molecular weight is 312 g/mol. The van der Waals surface area contributed by atoms with Crippen molar-refractivity contribution >= 4 is 27.5 Å². The first-order valence-corrected chi connectivity index (χ1v) is 8.20. The van der Waals surface area contributed by atoms with Crippen LogP contribution in [0.15, 0.2) is 35.1 Å². The van der Waals surface area contributed by atoms with E-state index in [1.807, 2.05) is 34.9 Å². The predicted octanol–water partition coefficient (Wildman–Crippen LogP) is 2.61. The Labute approximate surface area is 131 Å². The van der Waals surface area contributed by atoms with Crippen molar-refractivity contribution in [3.8, 4) is 5.69 Å². The van der Waals surface area contributed by atoms with Gasteiger partial charge in [0.1, 0.15) is 4.83 Å². The van der Waals surface area contributed by atoms with Crippen molar-refractivity contribution in [1.29, 1.82) is 0 Å². The molecule has 112 valence electrons. The summed E-state index contributed by atoms with van der Waals surface area (Å²) in [6.07, 6.45) is 4.35. The van der Waals surface area contributed by atoms with Gasteiger partial charge in [0.05, 0.1) is 5.39 Å². The predicted molar refractivity (Wildman–Crippen MR) is 89.7 cm³/mol. The van der Waals surface area contributed by atoms with Gasteiger partial charge in [0.25, 0.3) is 5.56 Å². The molecule has 1 aromatic carbocycles. The minimum Gasteiger partial charge on any atom is -0.293 e. The van der Waals surface area contributed by atoms with Gasteiger partial charge in [0.15, 0.2) is 0 Å². The zero-order valence-corrected chi connectivity index (χ0v) is 12.8. The second-order valence-corrected chi connectivity index (χ2v) is 6.53. The monoisotopic (exact) mass is 312 g/mol. The first-order valence-electron chi connectivity index (χ1n) is 7.39. The molecule has 0 aliphatic heterocycles. The molecule has 6 heteroatoms. The highest BCUT2D eigenvalue weighted by atomic mass is 32.1. The Morgan fingerprint density at radius 2 is 1.95 bits per heavy atom. The maximum absolute atomic E-state index is 12.5. The lowest BCUT2D eigenvalue weighted by molar-refractivity contribution is 0.700. The van der Waals surface area contributed by atoms with Crippen molar-refractivity contribution < 1.29 is 0 Å². The summed E-state index contributed by atoms with van der Waals surface area (Å²) in [5.74, 6) is 5.98. The van der Waals surface area contributed by atoms with Crippen LogP contribution in [-0.4, -0.2) is 9.55 Å². The lowest BCUT2D eigenvalue weighted by Gasteiger charge is -2.13. The first kappa shape index (κ1) is 13.5. The number of fused-ring (bicyclic) bond motifs is 3. The second-order valence-electron chi connectivity index (χ2n) is 5.45. The van der Waals surface area contributed by atoms with E-state index in [2.05, 4.69) is 10.4 Å². The smallest absolute Gasteiger partial charge is 0.283 e. The van der Waals surface area contributed by atoms with Crippen molar-refractivity contribution in [2.24, 2.45) is 5.84 Å². The van der Waals surface area contributed by atoms with E-state index in [1.165, 1.54) is 16.9 Å². The molecule has 0 unspecified atom stereocenters. The Kier molecular flexibility index (Phi) is 3.20. The number of nitrogens with zero attached hydrogens (tertiary/aromatic N) is 2. The molecule has 4 rings (SSSR count). The molecule has 0 saturated carbocycles. The summed E-state index contributed by atoms with van der Waals surface area (Å²) in [6.45, 7) is 0. The number of anilines is 1. The maximum Gasteiger partial charge on any atom is 0.283 e. The van der Waals surface area contributed by atoms with Crippen molar-refractivity contribution in [2.45, 2.75) is 25.7 Å². The maximum atomic E-state index is 12.5. The van der Waals surface area contributed by atoms with E-state index in [0.717, 1.165) is 35.2 Å². The van der Waals surface area contributed by atoms with E-state index in [0.29, 0.717) is 5.95 Å². The van der Waals surface area contributed by atoms with Gasteiger partial charge in [0.2, 0.25) is 5.95 Å². The molecule has 0 fully saturated rings. The summed E-state index contributed by atoms with van der Waals surface area (Å²) >= 11 is 1.69. The van der Waals surface area contributed by atoms with Crippen LogP contribution in [0, 0.1) is 0 Å². The Morgan fingerprint density at radius 3 is 2.73 bits per heavy atom. The molecule has 5 nitrogen and oxygen atoms in total. The number of thiophene rings is 1. The van der Waals surface area contributed by atoms with Crippen LogP contribution in [-0.2, 0) is 12.8 Å². The number of aromatic nitrogens is 2. The molecule has 0 atom stereocenters. The highest BCUT2D eigenvalue weighted by Gasteiger charge is 2.22. The van der Waals surface area contributed by atoms with Crippen LogP contribution in [0.1, 0.15) is 23.3 Å². The van der Waals surface area contributed by atoms with Crippen LogP contribution in [0.3, 0.4) is 0 Å². The first-order chi connectivity index (χ1) is 10.8. The van der Waals surface area contributed by atoms with Gasteiger partial charge < -0.3 is 0 Å². The van der Waals surface area contributed by atoms with Gasteiger partial charge in [-0.25, -0.2) is 5.84 Å². The SMILES string of the molecule is NNc1nc(=O)c2c3c(sc2n1-c1ccccc1)CCCC3. The molecule has 0 bridgehead atoms. The lowest BCUT2D eigenvalue weighted by atomic mass is 9.97. The van der Waals surface area contributed by atoms with Gasteiger partial charge in [-0.1, -0.05) is 18.2 Å². The molecule has 3 aromatic rings. The van der Waals surface area contributed by atoms with Gasteiger partial charge in [-0.2, -0.15) is 4.98 Å². The normalized spacial score (nSPS) is 14.0. The lowest BCUT2D eigenvalue weighted by Crippen LogP contribution is -2.21. The molecule has 1 aliphatic carbocycles. The Bertz CT molecular complexity index is 898. The summed E-state index contributed by atoms with van der Waals surface area (Å²) in [6, 6.07) is 9.88. The van der Waals surface area contributed by atoms with Gasteiger partial charge in [-0.3, -0.25) is 14.8 Å². The molecule has 0 amide bonds. The van der Waals surface area contributed by atoms with Crippen LogP contribution in [0.25, 0.3) is 15.9 Å². The highest BCUT2D eigenvalue weighted by Crippen LogP contribution is 2.36. The number of benzene rings is 1. The number of hydrogen-bond donors (Lipinski definition) is 2. The highest BCUT2D eigenvalue weighted by molar-refractivity contribution is 7.19. The molecule has 0 radical (unpaired) electrons.